The van der Waals surface area contributed by atoms with Gasteiger partial charge in [-0.3, -0.25) is 0 Å². The van der Waals surface area contributed by atoms with Crippen LogP contribution in [-0.4, -0.2) is 16.0 Å². The lowest BCUT2D eigenvalue weighted by Gasteiger charge is -2.09. The van der Waals surface area contributed by atoms with Crippen molar-refractivity contribution in [1.82, 2.24) is 9.97 Å². The quantitative estimate of drug-likeness (QED) is 0.278. The molecule has 5 aromatic rings. The van der Waals surface area contributed by atoms with E-state index in [-0.39, 0.29) is 6.03 Å². The Morgan fingerprint density at radius 3 is 2.28 bits per heavy atom. The minimum absolute atomic E-state index is 0.337. The maximum absolute atomic E-state index is 12.4. The first-order chi connectivity index (χ1) is 15.7. The van der Waals surface area contributed by atoms with Crippen LogP contribution in [0.15, 0.2) is 97.3 Å². The van der Waals surface area contributed by atoms with Crippen LogP contribution >= 0.6 is 11.6 Å². The van der Waals surface area contributed by atoms with E-state index in [4.69, 9.17) is 11.6 Å². The third-order valence-electron chi connectivity index (χ3n) is 5.15. The fourth-order valence-corrected chi connectivity index (χ4v) is 3.85. The molecule has 0 aliphatic carbocycles. The van der Waals surface area contributed by atoms with Crippen molar-refractivity contribution in [2.45, 2.75) is 0 Å². The van der Waals surface area contributed by atoms with Crippen LogP contribution in [0.25, 0.3) is 33.3 Å². The van der Waals surface area contributed by atoms with Crippen LogP contribution in [0.3, 0.4) is 0 Å². The zero-order chi connectivity index (χ0) is 21.9. The lowest BCUT2D eigenvalue weighted by Crippen LogP contribution is -2.19. The molecule has 0 aliphatic heterocycles. The second-order valence-corrected chi connectivity index (χ2v) is 7.80. The van der Waals surface area contributed by atoms with E-state index in [1.54, 1.807) is 24.3 Å². The van der Waals surface area contributed by atoms with E-state index in [9.17, 15) is 4.79 Å². The average Bonchev–Trinajstić information content (AvgIpc) is 3.23. The van der Waals surface area contributed by atoms with Crippen LogP contribution in [-0.2, 0) is 0 Å². The Morgan fingerprint density at radius 2 is 1.50 bits per heavy atom. The summed E-state index contributed by atoms with van der Waals surface area (Å²) >= 11 is 5.98. The summed E-state index contributed by atoms with van der Waals surface area (Å²) in [6, 6.07) is 26.7. The van der Waals surface area contributed by atoms with Gasteiger partial charge in [0.2, 0.25) is 0 Å². The van der Waals surface area contributed by atoms with E-state index in [0.717, 1.165) is 33.3 Å². The Hall–Kier alpha value is -4.09. The molecule has 0 radical (unpaired) electrons. The number of pyridine rings is 1. The maximum Gasteiger partial charge on any atom is 0.323 e. The Bertz CT molecular complexity index is 1410. The summed E-state index contributed by atoms with van der Waals surface area (Å²) in [6.45, 7) is 0. The molecule has 0 saturated heterocycles. The highest BCUT2D eigenvalue weighted by Crippen LogP contribution is 2.32. The molecule has 0 bridgehead atoms. The number of aromatic amines is 1. The fourth-order valence-electron chi connectivity index (χ4n) is 3.65. The number of H-pyrrole nitrogens is 1. The Kier molecular flexibility index (Phi) is 5.32. The number of nitrogens with zero attached hydrogens (tertiary/aromatic N) is 1. The number of hydrogen-bond acceptors (Lipinski definition) is 2. The normalized spacial score (nSPS) is 10.8. The van der Waals surface area contributed by atoms with Crippen LogP contribution in [0.4, 0.5) is 16.2 Å². The number of anilines is 2. The maximum atomic E-state index is 12.4. The number of urea groups is 1. The highest BCUT2D eigenvalue weighted by atomic mass is 35.5. The Labute approximate surface area is 190 Å². The van der Waals surface area contributed by atoms with Gasteiger partial charge in [0.05, 0.1) is 0 Å². The molecule has 0 aliphatic rings. The molecule has 0 unspecified atom stereocenters. The molecule has 6 heteroatoms. The summed E-state index contributed by atoms with van der Waals surface area (Å²) in [6.07, 6.45) is 3.81. The van der Waals surface area contributed by atoms with Crippen molar-refractivity contribution in [2.24, 2.45) is 0 Å². The van der Waals surface area contributed by atoms with Gasteiger partial charge in [0.25, 0.3) is 0 Å². The highest BCUT2D eigenvalue weighted by molar-refractivity contribution is 6.30. The molecule has 156 valence electrons. The summed E-state index contributed by atoms with van der Waals surface area (Å²) in [4.78, 5) is 20.2. The lowest BCUT2D eigenvalue weighted by molar-refractivity contribution is 0.262. The summed E-state index contributed by atoms with van der Waals surface area (Å²) in [5.41, 5.74) is 6.28. The van der Waals surface area contributed by atoms with E-state index < -0.39 is 0 Å². The monoisotopic (exact) mass is 438 g/mol. The number of benzene rings is 3. The predicted octanol–water partition coefficient (Wildman–Crippen LogP) is 7.19. The minimum Gasteiger partial charge on any atom is -0.346 e. The number of hydrogen-bond donors (Lipinski definition) is 3. The van der Waals surface area contributed by atoms with Crippen LogP contribution < -0.4 is 10.6 Å². The Morgan fingerprint density at radius 1 is 0.781 bits per heavy atom. The molecular weight excluding hydrogens is 420 g/mol. The SMILES string of the molecule is O=C(Nc1cccc(Cl)c1)Nc1cccc(-c2c[nH]c3ncc(-c4ccccc4)cc23)c1. The van der Waals surface area contributed by atoms with Crippen LogP contribution in [0, 0.1) is 0 Å². The minimum atomic E-state index is -0.337. The van der Waals surface area contributed by atoms with E-state index >= 15 is 0 Å². The zero-order valence-corrected chi connectivity index (χ0v) is 17.7. The van der Waals surface area contributed by atoms with Crippen molar-refractivity contribution in [1.29, 1.82) is 0 Å². The zero-order valence-electron chi connectivity index (χ0n) is 17.0. The molecule has 5 nitrogen and oxygen atoms in total. The second-order valence-electron chi connectivity index (χ2n) is 7.36. The summed E-state index contributed by atoms with van der Waals surface area (Å²) in [7, 11) is 0. The summed E-state index contributed by atoms with van der Waals surface area (Å²) < 4.78 is 0. The molecule has 0 atom stereocenters. The average molecular weight is 439 g/mol. The molecule has 2 aromatic heterocycles. The van der Waals surface area contributed by atoms with E-state index in [1.807, 2.05) is 54.9 Å². The van der Waals surface area contributed by atoms with Crippen LogP contribution in [0.5, 0.6) is 0 Å². The van der Waals surface area contributed by atoms with E-state index in [2.05, 4.69) is 38.8 Å². The van der Waals surface area contributed by atoms with Gasteiger partial charge in [0.1, 0.15) is 5.65 Å². The van der Waals surface area contributed by atoms with Crippen molar-refractivity contribution >= 4 is 40.0 Å². The number of aromatic nitrogens is 2. The van der Waals surface area contributed by atoms with Crippen molar-refractivity contribution in [3.63, 3.8) is 0 Å². The topological polar surface area (TPSA) is 69.8 Å². The van der Waals surface area contributed by atoms with Gasteiger partial charge in [-0.25, -0.2) is 9.78 Å². The number of nitrogens with one attached hydrogen (secondary N) is 3. The highest BCUT2D eigenvalue weighted by Gasteiger charge is 2.11. The number of amides is 2. The van der Waals surface area contributed by atoms with Gasteiger partial charge in [0, 0.05) is 45.3 Å². The van der Waals surface area contributed by atoms with Gasteiger partial charge in [0.15, 0.2) is 0 Å². The third-order valence-corrected chi connectivity index (χ3v) is 5.39. The third kappa shape index (κ3) is 4.19. The molecule has 32 heavy (non-hydrogen) atoms. The van der Waals surface area contributed by atoms with Gasteiger partial charge in [-0.2, -0.15) is 0 Å². The molecule has 0 saturated carbocycles. The Balaban J connectivity index is 1.42. The molecule has 2 amide bonds. The number of fused-ring (bicyclic) bond motifs is 1. The van der Waals surface area contributed by atoms with Gasteiger partial charge < -0.3 is 15.6 Å². The molecule has 5 rings (SSSR count). The number of carbonyl (C=O) groups is 1. The molecule has 0 fully saturated rings. The van der Waals surface area contributed by atoms with Gasteiger partial charge in [-0.15, -0.1) is 0 Å². The van der Waals surface area contributed by atoms with E-state index in [0.29, 0.717) is 16.4 Å². The second kappa shape index (κ2) is 8.57. The summed E-state index contributed by atoms with van der Waals surface area (Å²) in [5.74, 6) is 0. The van der Waals surface area contributed by atoms with Crippen molar-refractivity contribution in [3.05, 3.63) is 102 Å². The van der Waals surface area contributed by atoms with Crippen molar-refractivity contribution in [3.8, 4) is 22.3 Å². The first-order valence-electron chi connectivity index (χ1n) is 10.1. The van der Waals surface area contributed by atoms with E-state index in [1.165, 1.54) is 0 Å². The number of halogens is 1. The molecule has 3 N–H and O–H groups in total. The number of carbonyl (C=O) groups excluding carboxylic acids is 1. The lowest BCUT2D eigenvalue weighted by atomic mass is 10.0. The van der Waals surface area contributed by atoms with Gasteiger partial charge in [-0.1, -0.05) is 60.1 Å². The predicted molar refractivity (Wildman–Crippen MR) is 131 cm³/mol. The molecular formula is C26H19ClN4O. The first kappa shape index (κ1) is 19.8. The molecule has 0 spiro atoms. The largest absolute Gasteiger partial charge is 0.346 e. The first-order valence-corrected chi connectivity index (χ1v) is 10.5. The molecule has 3 aromatic carbocycles. The number of rotatable bonds is 4. The van der Waals surface area contributed by atoms with Crippen LogP contribution in [0.1, 0.15) is 0 Å². The van der Waals surface area contributed by atoms with Gasteiger partial charge in [-0.05, 0) is 47.5 Å². The van der Waals surface area contributed by atoms with Crippen LogP contribution in [0.2, 0.25) is 5.02 Å². The van der Waals surface area contributed by atoms with Gasteiger partial charge >= 0.3 is 6.03 Å². The summed E-state index contributed by atoms with van der Waals surface area (Å²) in [5, 5.41) is 7.25. The fraction of sp³-hybridized carbons (Fsp3) is 0. The smallest absolute Gasteiger partial charge is 0.323 e. The molecule has 2 heterocycles. The van der Waals surface area contributed by atoms with Crippen molar-refractivity contribution < 1.29 is 4.79 Å². The standard InChI is InChI=1S/C26H19ClN4O/c27-20-9-5-11-22(14-20)31-26(32)30-21-10-4-8-18(12-21)24-16-29-25-23(24)13-19(15-28-25)17-6-2-1-3-7-17/h1-16H,(H,28,29)(H2,30,31,32). The van der Waals surface area contributed by atoms with Crippen molar-refractivity contribution in [2.75, 3.05) is 10.6 Å².